The molecule has 1 N–H and O–H groups in total. The van der Waals surface area contributed by atoms with E-state index < -0.39 is 17.8 Å². The Morgan fingerprint density at radius 3 is 2.82 bits per heavy atom. The van der Waals surface area contributed by atoms with Gasteiger partial charge in [-0.1, -0.05) is 23.4 Å². The second kappa shape index (κ2) is 8.55. The Balaban J connectivity index is 1.48. The Bertz CT molecular complexity index is 923. The van der Waals surface area contributed by atoms with Crippen LogP contribution in [0.2, 0.25) is 0 Å². The third-order valence-electron chi connectivity index (χ3n) is 4.10. The van der Waals surface area contributed by atoms with Crippen molar-refractivity contribution >= 4 is 17.2 Å². The molecular formula is C19H18F3N3O2S. The molecule has 28 heavy (non-hydrogen) atoms. The lowest BCUT2D eigenvalue weighted by Crippen LogP contribution is -2.26. The first kappa shape index (κ1) is 20.1. The van der Waals surface area contributed by atoms with Crippen LogP contribution in [0.1, 0.15) is 42.8 Å². The van der Waals surface area contributed by atoms with Crippen molar-refractivity contribution in [1.82, 2.24) is 15.5 Å². The van der Waals surface area contributed by atoms with Gasteiger partial charge in [-0.05, 0) is 42.5 Å². The van der Waals surface area contributed by atoms with E-state index in [0.717, 1.165) is 17.0 Å². The highest BCUT2D eigenvalue weighted by Gasteiger charge is 2.30. The van der Waals surface area contributed by atoms with Gasteiger partial charge in [-0.25, -0.2) is 0 Å². The minimum Gasteiger partial charge on any atom is -0.350 e. The molecule has 1 aromatic carbocycles. The summed E-state index contributed by atoms with van der Waals surface area (Å²) in [5.41, 5.74) is -0.329. The Morgan fingerprint density at radius 1 is 1.29 bits per heavy atom. The maximum absolute atomic E-state index is 12.8. The normalized spacial score (nSPS) is 12.7. The van der Waals surface area contributed by atoms with Crippen LogP contribution >= 0.6 is 11.3 Å². The van der Waals surface area contributed by atoms with Crippen LogP contribution in [0.25, 0.3) is 10.7 Å². The van der Waals surface area contributed by atoms with Gasteiger partial charge in [-0.2, -0.15) is 18.2 Å². The molecule has 9 heteroatoms. The van der Waals surface area contributed by atoms with Gasteiger partial charge in [-0.15, -0.1) is 11.3 Å². The summed E-state index contributed by atoms with van der Waals surface area (Å²) in [7, 11) is 0. The Kier molecular flexibility index (Phi) is 6.13. The lowest BCUT2D eigenvalue weighted by Gasteiger charge is -2.16. The highest BCUT2D eigenvalue weighted by Crippen LogP contribution is 2.30. The van der Waals surface area contributed by atoms with Gasteiger partial charge in [-0.3, -0.25) is 4.79 Å². The fourth-order valence-electron chi connectivity index (χ4n) is 2.64. The molecular weight excluding hydrogens is 391 g/mol. The van der Waals surface area contributed by atoms with E-state index in [4.69, 9.17) is 4.52 Å². The van der Waals surface area contributed by atoms with Gasteiger partial charge in [0, 0.05) is 12.8 Å². The number of rotatable bonds is 7. The maximum Gasteiger partial charge on any atom is 0.416 e. The predicted molar refractivity (Wildman–Crippen MR) is 98.6 cm³/mol. The zero-order chi connectivity index (χ0) is 20.1. The molecule has 2 heterocycles. The van der Waals surface area contributed by atoms with Crippen molar-refractivity contribution in [2.75, 3.05) is 0 Å². The molecule has 0 saturated heterocycles. The second-order valence-electron chi connectivity index (χ2n) is 6.26. The summed E-state index contributed by atoms with van der Waals surface area (Å²) in [5.74, 6) is 0.720. The van der Waals surface area contributed by atoms with Crippen LogP contribution in [0.15, 0.2) is 46.3 Å². The quantitative estimate of drug-likeness (QED) is 0.595. The van der Waals surface area contributed by atoms with Gasteiger partial charge in [0.2, 0.25) is 17.6 Å². The number of benzene rings is 1. The first-order valence-electron chi connectivity index (χ1n) is 8.66. The number of nitrogens with zero attached hydrogens (tertiary/aromatic N) is 2. The van der Waals surface area contributed by atoms with Crippen molar-refractivity contribution < 1.29 is 22.5 Å². The average molecular weight is 409 g/mol. The Labute approximate surface area is 163 Å². The van der Waals surface area contributed by atoms with Crippen LogP contribution in [0.3, 0.4) is 0 Å². The summed E-state index contributed by atoms with van der Waals surface area (Å²) < 4.78 is 43.6. The monoisotopic (exact) mass is 409 g/mol. The zero-order valence-corrected chi connectivity index (χ0v) is 15.8. The van der Waals surface area contributed by atoms with E-state index in [1.807, 2.05) is 17.5 Å². The van der Waals surface area contributed by atoms with Crippen LogP contribution in [0, 0.1) is 0 Å². The van der Waals surface area contributed by atoms with Crippen molar-refractivity contribution in [3.05, 3.63) is 58.8 Å². The van der Waals surface area contributed by atoms with E-state index in [0.29, 0.717) is 30.1 Å². The smallest absolute Gasteiger partial charge is 0.350 e. The predicted octanol–water partition coefficient (Wildman–Crippen LogP) is 5.02. The molecule has 1 unspecified atom stereocenters. The molecule has 0 bridgehead atoms. The Hall–Kier alpha value is -2.68. The SMILES string of the molecule is CC(NC(=O)CCCc1nc(-c2cccs2)no1)c1cccc(C(F)(F)F)c1. The van der Waals surface area contributed by atoms with E-state index in [1.165, 1.54) is 17.4 Å². The van der Waals surface area contributed by atoms with Crippen molar-refractivity contribution in [3.63, 3.8) is 0 Å². The number of alkyl halides is 3. The molecule has 0 aliphatic carbocycles. The number of nitrogens with one attached hydrogen (secondary N) is 1. The summed E-state index contributed by atoms with van der Waals surface area (Å²) in [6, 6.07) is 8.21. The maximum atomic E-state index is 12.8. The van der Waals surface area contributed by atoms with Crippen LogP contribution in [0.4, 0.5) is 13.2 Å². The standard InChI is InChI=1S/C19H18F3N3O2S/c1-12(13-5-2-6-14(11-13)19(20,21)22)23-16(26)8-3-9-17-24-18(25-27-17)15-7-4-10-28-15/h2,4-7,10-12H,3,8-9H2,1H3,(H,23,26). The van der Waals surface area contributed by atoms with Crippen LogP contribution in [-0.4, -0.2) is 16.0 Å². The lowest BCUT2D eigenvalue weighted by molar-refractivity contribution is -0.137. The molecule has 0 radical (unpaired) electrons. The number of thiophene rings is 1. The van der Waals surface area contributed by atoms with Gasteiger partial charge < -0.3 is 9.84 Å². The highest BCUT2D eigenvalue weighted by molar-refractivity contribution is 7.13. The number of carbonyl (C=O) groups excluding carboxylic acids is 1. The van der Waals surface area contributed by atoms with E-state index >= 15 is 0 Å². The molecule has 1 atom stereocenters. The molecule has 3 rings (SSSR count). The molecule has 2 aromatic heterocycles. The van der Waals surface area contributed by atoms with Gasteiger partial charge in [0.25, 0.3) is 0 Å². The second-order valence-corrected chi connectivity index (χ2v) is 7.20. The van der Waals surface area contributed by atoms with Gasteiger partial charge in [0.15, 0.2) is 0 Å². The number of carbonyl (C=O) groups is 1. The topological polar surface area (TPSA) is 68.0 Å². The molecule has 0 spiro atoms. The third-order valence-corrected chi connectivity index (χ3v) is 4.96. The number of hydrogen-bond donors (Lipinski definition) is 1. The minimum absolute atomic E-state index is 0.208. The number of aryl methyl sites for hydroxylation is 1. The van der Waals surface area contributed by atoms with E-state index in [-0.39, 0.29) is 12.3 Å². The minimum atomic E-state index is -4.41. The molecule has 0 saturated carbocycles. The molecule has 5 nitrogen and oxygen atoms in total. The van der Waals surface area contributed by atoms with E-state index in [1.54, 1.807) is 13.0 Å². The number of amides is 1. The lowest BCUT2D eigenvalue weighted by atomic mass is 10.0. The molecule has 0 aliphatic rings. The third kappa shape index (κ3) is 5.19. The van der Waals surface area contributed by atoms with Crippen molar-refractivity contribution in [1.29, 1.82) is 0 Å². The number of halogens is 3. The fourth-order valence-corrected chi connectivity index (χ4v) is 3.29. The first-order chi connectivity index (χ1) is 13.3. The molecule has 0 aliphatic heterocycles. The average Bonchev–Trinajstić information content (AvgIpc) is 3.32. The fraction of sp³-hybridized carbons (Fsp3) is 0.316. The van der Waals surface area contributed by atoms with Crippen LogP contribution in [-0.2, 0) is 17.4 Å². The summed E-state index contributed by atoms with van der Waals surface area (Å²) in [6.45, 7) is 1.65. The van der Waals surface area contributed by atoms with Gasteiger partial charge in [0.05, 0.1) is 16.5 Å². The largest absolute Gasteiger partial charge is 0.416 e. The van der Waals surface area contributed by atoms with Crippen molar-refractivity contribution in [2.45, 2.75) is 38.4 Å². The van der Waals surface area contributed by atoms with Crippen molar-refractivity contribution in [3.8, 4) is 10.7 Å². The summed E-state index contributed by atoms with van der Waals surface area (Å²) >= 11 is 1.51. The summed E-state index contributed by atoms with van der Waals surface area (Å²) in [5, 5.41) is 8.54. The van der Waals surface area contributed by atoms with Crippen molar-refractivity contribution in [2.24, 2.45) is 0 Å². The highest BCUT2D eigenvalue weighted by atomic mass is 32.1. The number of aromatic nitrogens is 2. The first-order valence-corrected chi connectivity index (χ1v) is 9.54. The summed E-state index contributed by atoms with van der Waals surface area (Å²) in [4.78, 5) is 17.3. The van der Waals surface area contributed by atoms with E-state index in [9.17, 15) is 18.0 Å². The van der Waals surface area contributed by atoms with E-state index in [2.05, 4.69) is 15.5 Å². The summed E-state index contributed by atoms with van der Waals surface area (Å²) in [6.07, 6.45) is -3.26. The molecule has 1 amide bonds. The van der Waals surface area contributed by atoms with Gasteiger partial charge >= 0.3 is 6.18 Å². The van der Waals surface area contributed by atoms with Crippen LogP contribution in [0.5, 0.6) is 0 Å². The Morgan fingerprint density at radius 2 is 2.11 bits per heavy atom. The van der Waals surface area contributed by atoms with Gasteiger partial charge in [0.1, 0.15) is 0 Å². The zero-order valence-electron chi connectivity index (χ0n) is 15.0. The number of hydrogen-bond acceptors (Lipinski definition) is 5. The molecule has 0 fully saturated rings. The molecule has 148 valence electrons. The van der Waals surface area contributed by atoms with Crippen LogP contribution < -0.4 is 5.32 Å². The molecule has 3 aromatic rings.